The summed E-state index contributed by atoms with van der Waals surface area (Å²) >= 11 is 0. The molecule has 0 saturated carbocycles. The minimum atomic E-state index is 0.460. The minimum Gasteiger partial charge on any atom is -0.304 e. The molecule has 0 radical (unpaired) electrons. The summed E-state index contributed by atoms with van der Waals surface area (Å²) in [5.74, 6) is 0. The number of imidazole rings is 1. The van der Waals surface area contributed by atoms with E-state index in [1.807, 2.05) is 12.1 Å². The topological polar surface area (TPSA) is 64.9 Å². The van der Waals surface area contributed by atoms with Gasteiger partial charge in [-0.25, -0.2) is 4.98 Å². The van der Waals surface area contributed by atoms with Gasteiger partial charge in [0.15, 0.2) is 0 Å². The van der Waals surface area contributed by atoms with Crippen LogP contribution in [0.4, 0.5) is 0 Å². The molecule has 2 aromatic heterocycles. The van der Waals surface area contributed by atoms with Gasteiger partial charge in [0.25, 0.3) is 0 Å². The third kappa shape index (κ3) is 1.02. The Balaban J connectivity index is 2.89. The summed E-state index contributed by atoms with van der Waals surface area (Å²) in [6, 6.07) is 5.56. The van der Waals surface area contributed by atoms with Crippen LogP contribution < -0.4 is 0 Å². The summed E-state index contributed by atoms with van der Waals surface area (Å²) in [4.78, 5) is 3.89. The highest BCUT2D eigenvalue weighted by atomic mass is 15.0. The fourth-order valence-electron chi connectivity index (χ4n) is 1.18. The molecule has 13 heavy (non-hydrogen) atoms. The Hall–Kier alpha value is -2.33. The largest absolute Gasteiger partial charge is 0.304 e. The number of rotatable bonds is 0. The Bertz CT molecular complexity index is 539. The normalized spacial score (nSPS) is 9.38. The van der Waals surface area contributed by atoms with Gasteiger partial charge in [-0.2, -0.15) is 10.5 Å². The third-order valence-corrected chi connectivity index (χ3v) is 1.77. The summed E-state index contributed by atoms with van der Waals surface area (Å²) < 4.78 is 1.66. The van der Waals surface area contributed by atoms with Gasteiger partial charge in [0, 0.05) is 6.20 Å². The van der Waals surface area contributed by atoms with Crippen LogP contribution in [-0.4, -0.2) is 9.38 Å². The molecule has 2 heterocycles. The van der Waals surface area contributed by atoms with Crippen molar-refractivity contribution >= 4 is 5.52 Å². The van der Waals surface area contributed by atoms with Crippen LogP contribution in [0.3, 0.4) is 0 Å². The number of pyridine rings is 1. The van der Waals surface area contributed by atoms with Crippen molar-refractivity contribution in [3.05, 3.63) is 35.9 Å². The first kappa shape index (κ1) is 7.33. The van der Waals surface area contributed by atoms with Crippen molar-refractivity contribution < 1.29 is 0 Å². The van der Waals surface area contributed by atoms with Gasteiger partial charge in [0.05, 0.1) is 29.2 Å². The lowest BCUT2D eigenvalue weighted by Gasteiger charge is -1.95. The highest BCUT2D eigenvalue weighted by Gasteiger charge is 2.02. The zero-order valence-electron chi connectivity index (χ0n) is 6.60. The van der Waals surface area contributed by atoms with E-state index >= 15 is 0 Å². The van der Waals surface area contributed by atoms with E-state index in [1.54, 1.807) is 29.2 Å². The van der Waals surface area contributed by atoms with Crippen molar-refractivity contribution in [1.29, 1.82) is 10.5 Å². The van der Waals surface area contributed by atoms with Crippen molar-refractivity contribution in [2.45, 2.75) is 0 Å². The molecule has 4 nitrogen and oxygen atoms in total. The molecule has 0 aliphatic heterocycles. The van der Waals surface area contributed by atoms with Crippen LogP contribution in [0.5, 0.6) is 0 Å². The maximum Gasteiger partial charge on any atom is 0.101 e. The van der Waals surface area contributed by atoms with Crippen LogP contribution in [0.1, 0.15) is 11.1 Å². The van der Waals surface area contributed by atoms with Gasteiger partial charge in [-0.15, -0.1) is 0 Å². The average Bonchev–Trinajstić information content (AvgIpc) is 2.63. The van der Waals surface area contributed by atoms with E-state index in [1.165, 1.54) is 0 Å². The monoisotopic (exact) mass is 168 g/mol. The van der Waals surface area contributed by atoms with Gasteiger partial charge in [-0.05, 0) is 6.07 Å². The second-order valence-corrected chi connectivity index (χ2v) is 2.55. The van der Waals surface area contributed by atoms with Gasteiger partial charge in [0.1, 0.15) is 12.1 Å². The summed E-state index contributed by atoms with van der Waals surface area (Å²) in [6.45, 7) is 0. The van der Waals surface area contributed by atoms with Gasteiger partial charge in [0.2, 0.25) is 0 Å². The highest BCUT2D eigenvalue weighted by Crippen LogP contribution is 2.11. The maximum absolute atomic E-state index is 8.77. The fourth-order valence-corrected chi connectivity index (χ4v) is 1.18. The SMILES string of the molecule is N#Cc1cc(C#N)c2cncn2c1. The molecule has 0 atom stereocenters. The van der Waals surface area contributed by atoms with Gasteiger partial charge >= 0.3 is 0 Å². The molecule has 0 spiro atoms. The third-order valence-electron chi connectivity index (χ3n) is 1.77. The number of aromatic nitrogens is 2. The molecule has 0 unspecified atom stereocenters. The molecule has 0 aliphatic carbocycles. The van der Waals surface area contributed by atoms with Crippen molar-refractivity contribution in [3.63, 3.8) is 0 Å². The molecular formula is C9H4N4. The maximum atomic E-state index is 8.77. The molecule has 2 aromatic rings. The molecule has 2 rings (SSSR count). The smallest absolute Gasteiger partial charge is 0.101 e. The van der Waals surface area contributed by atoms with Crippen LogP contribution in [0.15, 0.2) is 24.8 Å². The Morgan fingerprint density at radius 2 is 2.15 bits per heavy atom. The molecule has 0 fully saturated rings. The van der Waals surface area contributed by atoms with Gasteiger partial charge in [-0.3, -0.25) is 0 Å². The zero-order chi connectivity index (χ0) is 9.26. The Labute approximate surface area is 74.3 Å². The number of nitrogens with zero attached hydrogens (tertiary/aromatic N) is 4. The lowest BCUT2D eigenvalue weighted by Crippen LogP contribution is -1.88. The van der Waals surface area contributed by atoms with Crippen molar-refractivity contribution in [2.24, 2.45) is 0 Å². The minimum absolute atomic E-state index is 0.460. The lowest BCUT2D eigenvalue weighted by atomic mass is 10.2. The highest BCUT2D eigenvalue weighted by molar-refractivity contribution is 5.61. The lowest BCUT2D eigenvalue weighted by molar-refractivity contribution is 1.14. The Kier molecular flexibility index (Phi) is 1.47. The second kappa shape index (κ2) is 2.62. The first-order valence-electron chi connectivity index (χ1n) is 3.61. The molecule has 0 aromatic carbocycles. The number of nitriles is 2. The molecule has 0 amide bonds. The number of hydrogen-bond donors (Lipinski definition) is 0. The summed E-state index contributed by atoms with van der Waals surface area (Å²) in [6.07, 6.45) is 4.81. The molecule has 60 valence electrons. The summed E-state index contributed by atoms with van der Waals surface area (Å²) in [7, 11) is 0. The number of fused-ring (bicyclic) bond motifs is 1. The van der Waals surface area contributed by atoms with Crippen molar-refractivity contribution in [1.82, 2.24) is 9.38 Å². The van der Waals surface area contributed by atoms with Crippen LogP contribution in [-0.2, 0) is 0 Å². The van der Waals surface area contributed by atoms with E-state index < -0.39 is 0 Å². The predicted octanol–water partition coefficient (Wildman–Crippen LogP) is 1.08. The molecule has 0 bridgehead atoms. The molecule has 0 N–H and O–H groups in total. The van der Waals surface area contributed by atoms with Crippen LogP contribution in [0.25, 0.3) is 5.52 Å². The van der Waals surface area contributed by atoms with Crippen LogP contribution in [0.2, 0.25) is 0 Å². The molecular weight excluding hydrogens is 164 g/mol. The molecule has 0 saturated heterocycles. The van der Waals surface area contributed by atoms with E-state index in [4.69, 9.17) is 10.5 Å². The first-order chi connectivity index (χ1) is 6.35. The summed E-state index contributed by atoms with van der Waals surface area (Å²) in [5.41, 5.74) is 1.65. The predicted molar refractivity (Wildman–Crippen MR) is 44.6 cm³/mol. The summed E-state index contributed by atoms with van der Waals surface area (Å²) in [5, 5.41) is 17.4. The average molecular weight is 168 g/mol. The second-order valence-electron chi connectivity index (χ2n) is 2.55. The van der Waals surface area contributed by atoms with Gasteiger partial charge < -0.3 is 4.40 Å². The van der Waals surface area contributed by atoms with Crippen molar-refractivity contribution in [3.8, 4) is 12.1 Å². The molecule has 4 heteroatoms. The van der Waals surface area contributed by atoms with Crippen LogP contribution in [0, 0.1) is 22.7 Å². The van der Waals surface area contributed by atoms with E-state index in [0.717, 1.165) is 5.52 Å². The van der Waals surface area contributed by atoms with Gasteiger partial charge in [-0.1, -0.05) is 0 Å². The van der Waals surface area contributed by atoms with E-state index in [9.17, 15) is 0 Å². The van der Waals surface area contributed by atoms with E-state index in [0.29, 0.717) is 11.1 Å². The van der Waals surface area contributed by atoms with Crippen molar-refractivity contribution in [2.75, 3.05) is 0 Å². The molecule has 0 aliphatic rings. The standard InChI is InChI=1S/C9H4N4/c10-2-7-1-8(3-11)9-4-12-6-13(9)5-7/h1,4-6H. The zero-order valence-corrected chi connectivity index (χ0v) is 6.60. The van der Waals surface area contributed by atoms with E-state index in [2.05, 4.69) is 4.98 Å². The Morgan fingerprint density at radius 3 is 2.85 bits per heavy atom. The van der Waals surface area contributed by atoms with E-state index in [-0.39, 0.29) is 0 Å². The van der Waals surface area contributed by atoms with Crippen LogP contribution >= 0.6 is 0 Å². The Morgan fingerprint density at radius 1 is 1.31 bits per heavy atom. The number of hydrogen-bond acceptors (Lipinski definition) is 3. The fraction of sp³-hybridized carbons (Fsp3) is 0. The quantitative estimate of drug-likeness (QED) is 0.591. The first-order valence-corrected chi connectivity index (χ1v) is 3.61.